The Balaban J connectivity index is 1.61. The number of likely N-dealkylation sites (N-methyl/N-ethyl adjacent to an activating group) is 1. The summed E-state index contributed by atoms with van der Waals surface area (Å²) < 4.78 is 0. The molecular formula is C17H25N3O. The first-order chi connectivity index (χ1) is 10.1. The van der Waals surface area contributed by atoms with Crippen LogP contribution in [0.4, 0.5) is 5.69 Å². The van der Waals surface area contributed by atoms with E-state index in [1.165, 1.54) is 19.3 Å². The van der Waals surface area contributed by atoms with E-state index in [1.807, 2.05) is 24.3 Å². The Morgan fingerprint density at radius 3 is 2.67 bits per heavy atom. The van der Waals surface area contributed by atoms with Crippen LogP contribution in [0, 0.1) is 0 Å². The summed E-state index contributed by atoms with van der Waals surface area (Å²) in [5.41, 5.74) is 7.29. The zero-order valence-electron chi connectivity index (χ0n) is 12.8. The smallest absolute Gasteiger partial charge is 0.230 e. The maximum absolute atomic E-state index is 12.6. The lowest BCUT2D eigenvalue weighted by Crippen LogP contribution is -2.46. The van der Waals surface area contributed by atoms with Crippen molar-refractivity contribution >= 4 is 11.6 Å². The molecule has 114 valence electrons. The summed E-state index contributed by atoms with van der Waals surface area (Å²) in [7, 11) is 2.16. The summed E-state index contributed by atoms with van der Waals surface area (Å²) in [6.45, 7) is 1.91. The first-order valence-corrected chi connectivity index (χ1v) is 7.96. The second-order valence-corrected chi connectivity index (χ2v) is 6.54. The van der Waals surface area contributed by atoms with Gasteiger partial charge in [0.2, 0.25) is 5.91 Å². The van der Waals surface area contributed by atoms with Gasteiger partial charge in [0.05, 0.1) is 5.41 Å². The Bertz CT molecular complexity index is 507. The van der Waals surface area contributed by atoms with Gasteiger partial charge in [-0.2, -0.15) is 0 Å². The molecule has 4 nitrogen and oxygen atoms in total. The average Bonchev–Trinajstić information content (AvgIpc) is 3.28. The van der Waals surface area contributed by atoms with E-state index < -0.39 is 0 Å². The van der Waals surface area contributed by atoms with E-state index in [0.717, 1.165) is 37.2 Å². The highest BCUT2D eigenvalue weighted by Gasteiger charge is 2.51. The number of anilines is 1. The molecule has 1 aromatic carbocycles. The van der Waals surface area contributed by atoms with Gasteiger partial charge in [0, 0.05) is 18.3 Å². The highest BCUT2D eigenvalue weighted by atomic mass is 16.2. The molecule has 1 aromatic rings. The molecule has 3 rings (SSSR count). The van der Waals surface area contributed by atoms with Crippen molar-refractivity contribution in [3.05, 3.63) is 29.8 Å². The van der Waals surface area contributed by atoms with E-state index in [0.29, 0.717) is 6.04 Å². The lowest BCUT2D eigenvalue weighted by Gasteiger charge is -2.33. The van der Waals surface area contributed by atoms with E-state index in [-0.39, 0.29) is 11.3 Å². The van der Waals surface area contributed by atoms with Gasteiger partial charge in [-0.25, -0.2) is 0 Å². The molecule has 1 aliphatic heterocycles. The Hall–Kier alpha value is -1.55. The quantitative estimate of drug-likeness (QED) is 0.832. The average molecular weight is 287 g/mol. The fourth-order valence-electron chi connectivity index (χ4n) is 3.36. The van der Waals surface area contributed by atoms with Crippen molar-refractivity contribution in [2.24, 2.45) is 0 Å². The van der Waals surface area contributed by atoms with E-state index in [1.54, 1.807) is 0 Å². The first kappa shape index (κ1) is 14.4. The minimum atomic E-state index is -0.291. The lowest BCUT2D eigenvalue weighted by atomic mass is 9.94. The summed E-state index contributed by atoms with van der Waals surface area (Å²) in [6, 6.07) is 8.25. The number of piperidine rings is 1. The molecule has 1 aliphatic carbocycles. The van der Waals surface area contributed by atoms with Gasteiger partial charge in [0.15, 0.2) is 0 Å². The molecule has 0 bridgehead atoms. The third-order valence-corrected chi connectivity index (χ3v) is 5.07. The molecule has 1 heterocycles. The van der Waals surface area contributed by atoms with Gasteiger partial charge >= 0.3 is 0 Å². The second-order valence-electron chi connectivity index (χ2n) is 6.54. The van der Waals surface area contributed by atoms with Crippen LogP contribution >= 0.6 is 0 Å². The van der Waals surface area contributed by atoms with Crippen molar-refractivity contribution < 1.29 is 4.79 Å². The SMILES string of the molecule is CN1CCCCC1CNC(=O)C1(c2ccc(N)cc2)CC1. The van der Waals surface area contributed by atoms with Crippen molar-refractivity contribution in [1.29, 1.82) is 0 Å². The number of benzene rings is 1. The zero-order chi connectivity index (χ0) is 14.9. The third kappa shape index (κ3) is 2.91. The molecule has 2 fully saturated rings. The van der Waals surface area contributed by atoms with E-state index in [4.69, 9.17) is 5.73 Å². The number of nitrogens with zero attached hydrogens (tertiary/aromatic N) is 1. The summed E-state index contributed by atoms with van der Waals surface area (Å²) in [4.78, 5) is 15.0. The Labute approximate surface area is 126 Å². The summed E-state index contributed by atoms with van der Waals surface area (Å²) in [5, 5.41) is 3.19. The van der Waals surface area contributed by atoms with Crippen LogP contribution in [0.3, 0.4) is 0 Å². The summed E-state index contributed by atoms with van der Waals surface area (Å²) in [5.74, 6) is 0.186. The first-order valence-electron chi connectivity index (χ1n) is 7.96. The number of nitrogens with one attached hydrogen (secondary N) is 1. The highest BCUT2D eigenvalue weighted by molar-refractivity contribution is 5.91. The van der Waals surface area contributed by atoms with Crippen LogP contribution in [-0.2, 0) is 10.2 Å². The number of hydrogen-bond donors (Lipinski definition) is 2. The van der Waals surface area contributed by atoms with Crippen molar-refractivity contribution in [1.82, 2.24) is 10.2 Å². The Morgan fingerprint density at radius 1 is 1.33 bits per heavy atom. The fraction of sp³-hybridized carbons (Fsp3) is 0.588. The molecule has 2 aliphatic rings. The normalized spacial score (nSPS) is 24.5. The standard InChI is InChI=1S/C17H25N3O/c1-20-11-3-2-4-15(20)12-19-16(21)17(9-10-17)13-5-7-14(18)8-6-13/h5-8,15H,2-4,9-12,18H2,1H3,(H,19,21). The van der Waals surface area contributed by atoms with Gasteiger partial charge in [0.25, 0.3) is 0 Å². The molecule has 1 amide bonds. The highest BCUT2D eigenvalue weighted by Crippen LogP contribution is 2.48. The molecule has 0 aromatic heterocycles. The van der Waals surface area contributed by atoms with Crippen LogP contribution < -0.4 is 11.1 Å². The molecule has 4 heteroatoms. The molecule has 1 unspecified atom stereocenters. The molecule has 1 saturated carbocycles. The van der Waals surface area contributed by atoms with Gasteiger partial charge in [-0.1, -0.05) is 18.6 Å². The van der Waals surface area contributed by atoms with E-state index in [9.17, 15) is 4.79 Å². The van der Waals surface area contributed by atoms with E-state index in [2.05, 4.69) is 17.3 Å². The summed E-state index contributed by atoms with van der Waals surface area (Å²) >= 11 is 0. The van der Waals surface area contributed by atoms with Crippen LogP contribution in [0.5, 0.6) is 0 Å². The number of carbonyl (C=O) groups excluding carboxylic acids is 1. The molecule has 21 heavy (non-hydrogen) atoms. The van der Waals surface area contributed by atoms with Crippen LogP contribution in [0.25, 0.3) is 0 Å². The van der Waals surface area contributed by atoms with Gasteiger partial charge in [-0.3, -0.25) is 4.79 Å². The molecule has 3 N–H and O–H groups in total. The van der Waals surface area contributed by atoms with Gasteiger partial charge in [0.1, 0.15) is 0 Å². The minimum absolute atomic E-state index is 0.186. The predicted octanol–water partition coefficient (Wildman–Crippen LogP) is 1.90. The number of nitrogens with two attached hydrogens (primary N) is 1. The van der Waals surface area contributed by atoms with Crippen LogP contribution in [0.1, 0.15) is 37.7 Å². The van der Waals surface area contributed by atoms with Crippen LogP contribution in [0.15, 0.2) is 24.3 Å². The predicted molar refractivity (Wildman–Crippen MR) is 85.0 cm³/mol. The van der Waals surface area contributed by atoms with Crippen LogP contribution in [-0.4, -0.2) is 37.0 Å². The largest absolute Gasteiger partial charge is 0.399 e. The number of amides is 1. The zero-order valence-corrected chi connectivity index (χ0v) is 12.8. The van der Waals surface area contributed by atoms with Crippen LogP contribution in [0.2, 0.25) is 0 Å². The topological polar surface area (TPSA) is 58.4 Å². The molecule has 0 radical (unpaired) electrons. The monoisotopic (exact) mass is 287 g/mol. The maximum atomic E-state index is 12.6. The number of rotatable bonds is 4. The van der Waals surface area contributed by atoms with Crippen molar-refractivity contribution in [2.75, 3.05) is 25.9 Å². The van der Waals surface area contributed by atoms with Crippen molar-refractivity contribution in [2.45, 2.75) is 43.6 Å². The molecule has 0 spiro atoms. The number of carbonyl (C=O) groups is 1. The fourth-order valence-corrected chi connectivity index (χ4v) is 3.36. The van der Waals surface area contributed by atoms with Gasteiger partial charge in [-0.05, 0) is 57.0 Å². The van der Waals surface area contributed by atoms with Crippen molar-refractivity contribution in [3.8, 4) is 0 Å². The maximum Gasteiger partial charge on any atom is 0.230 e. The Kier molecular flexibility index (Phi) is 3.89. The number of likely N-dealkylation sites (tertiary alicyclic amines) is 1. The molecule has 1 saturated heterocycles. The Morgan fingerprint density at radius 2 is 2.05 bits per heavy atom. The van der Waals surface area contributed by atoms with Gasteiger partial charge < -0.3 is 16.0 Å². The molecular weight excluding hydrogens is 262 g/mol. The van der Waals surface area contributed by atoms with Gasteiger partial charge in [-0.15, -0.1) is 0 Å². The lowest BCUT2D eigenvalue weighted by molar-refractivity contribution is -0.123. The molecule has 1 atom stereocenters. The minimum Gasteiger partial charge on any atom is -0.399 e. The third-order valence-electron chi connectivity index (χ3n) is 5.07. The summed E-state index contributed by atoms with van der Waals surface area (Å²) in [6.07, 6.45) is 5.63. The number of hydrogen-bond acceptors (Lipinski definition) is 3. The van der Waals surface area contributed by atoms with Crippen molar-refractivity contribution in [3.63, 3.8) is 0 Å². The number of nitrogen functional groups attached to an aromatic ring is 1. The second kappa shape index (κ2) is 5.68. The van der Waals surface area contributed by atoms with E-state index >= 15 is 0 Å².